The first-order valence-corrected chi connectivity index (χ1v) is 5.42. The molecule has 76 valence electrons. The van der Waals surface area contributed by atoms with Gasteiger partial charge >= 0.3 is 0 Å². The van der Waals surface area contributed by atoms with Crippen molar-refractivity contribution in [2.45, 2.75) is 32.2 Å². The van der Waals surface area contributed by atoms with E-state index in [-0.39, 0.29) is 6.04 Å². The topological polar surface area (TPSA) is 38.9 Å². The van der Waals surface area contributed by atoms with Gasteiger partial charge in [-0.15, -0.1) is 0 Å². The Labute approximate surface area is 89.5 Å². The molecule has 2 rings (SSSR count). The number of pyridine rings is 1. The Morgan fingerprint density at radius 2 is 2.36 bits per heavy atom. The molecule has 14 heavy (non-hydrogen) atoms. The van der Waals surface area contributed by atoms with Crippen LogP contribution in [0.4, 0.5) is 0 Å². The molecule has 1 fully saturated rings. The number of hydrogen-bond donors (Lipinski definition) is 1. The molecule has 1 saturated carbocycles. The molecule has 0 unspecified atom stereocenters. The van der Waals surface area contributed by atoms with E-state index in [1.807, 2.05) is 13.0 Å². The zero-order chi connectivity index (χ0) is 10.1. The van der Waals surface area contributed by atoms with Crippen LogP contribution in [0.5, 0.6) is 0 Å². The highest BCUT2D eigenvalue weighted by molar-refractivity contribution is 6.30. The van der Waals surface area contributed by atoms with Crippen LogP contribution in [0.1, 0.15) is 36.4 Å². The molecule has 0 aromatic carbocycles. The summed E-state index contributed by atoms with van der Waals surface area (Å²) in [6, 6.07) is 2.17. The van der Waals surface area contributed by atoms with Gasteiger partial charge in [0, 0.05) is 12.2 Å². The molecule has 0 radical (unpaired) electrons. The minimum Gasteiger partial charge on any atom is -0.324 e. The van der Waals surface area contributed by atoms with Gasteiger partial charge in [-0.25, -0.2) is 4.98 Å². The number of aromatic nitrogens is 1. The van der Waals surface area contributed by atoms with Crippen LogP contribution in [0.25, 0.3) is 0 Å². The van der Waals surface area contributed by atoms with Crippen molar-refractivity contribution in [1.29, 1.82) is 0 Å². The Hall–Kier alpha value is -0.600. The normalized spacial score (nSPS) is 18.2. The molecule has 2 N–H and O–H groups in total. The average Bonchev–Trinajstić information content (AvgIpc) is 2.93. The van der Waals surface area contributed by atoms with Gasteiger partial charge in [0.05, 0.1) is 0 Å². The maximum atomic E-state index is 6.07. The van der Waals surface area contributed by atoms with E-state index in [2.05, 4.69) is 4.98 Å². The SMILES string of the molecule is Cc1cc([C@H](N)CC2CC2)cnc1Cl. The lowest BCUT2D eigenvalue weighted by Crippen LogP contribution is -2.11. The summed E-state index contributed by atoms with van der Waals surface area (Å²) < 4.78 is 0. The second kappa shape index (κ2) is 3.87. The summed E-state index contributed by atoms with van der Waals surface area (Å²) in [5.74, 6) is 0.848. The number of nitrogens with two attached hydrogens (primary N) is 1. The van der Waals surface area contributed by atoms with Crippen molar-refractivity contribution < 1.29 is 0 Å². The van der Waals surface area contributed by atoms with Crippen molar-refractivity contribution in [2.75, 3.05) is 0 Å². The standard InChI is InChI=1S/C11H15ClN2/c1-7-4-9(6-14-11(7)12)10(13)5-8-2-3-8/h4,6,8,10H,2-3,5,13H2,1H3/t10-/m1/s1. The lowest BCUT2D eigenvalue weighted by atomic mass is 10.0. The molecule has 1 atom stereocenters. The number of rotatable bonds is 3. The highest BCUT2D eigenvalue weighted by Gasteiger charge is 2.24. The summed E-state index contributed by atoms with van der Waals surface area (Å²) in [4.78, 5) is 4.11. The minimum atomic E-state index is 0.131. The molecule has 1 aliphatic rings. The summed E-state index contributed by atoms with van der Waals surface area (Å²) in [5, 5.41) is 0.576. The molecule has 3 heteroatoms. The number of nitrogens with zero attached hydrogens (tertiary/aromatic N) is 1. The predicted octanol–water partition coefficient (Wildman–Crippen LogP) is 2.84. The Bertz CT molecular complexity index is 334. The van der Waals surface area contributed by atoms with Crippen LogP contribution >= 0.6 is 11.6 Å². The van der Waals surface area contributed by atoms with Crippen LogP contribution < -0.4 is 5.73 Å². The summed E-state index contributed by atoms with van der Waals surface area (Å²) in [6.07, 6.45) is 5.56. The van der Waals surface area contributed by atoms with Crippen LogP contribution in [0.15, 0.2) is 12.3 Å². The van der Waals surface area contributed by atoms with Gasteiger partial charge in [-0.2, -0.15) is 0 Å². The van der Waals surface area contributed by atoms with E-state index in [1.165, 1.54) is 12.8 Å². The molecule has 1 heterocycles. The quantitative estimate of drug-likeness (QED) is 0.780. The summed E-state index contributed by atoms with van der Waals surface area (Å²) in [7, 11) is 0. The molecule has 0 amide bonds. The molecule has 0 aliphatic heterocycles. The van der Waals surface area contributed by atoms with Crippen LogP contribution in [0.2, 0.25) is 5.15 Å². The highest BCUT2D eigenvalue weighted by Crippen LogP contribution is 2.36. The minimum absolute atomic E-state index is 0.131. The van der Waals surface area contributed by atoms with Crippen molar-refractivity contribution in [2.24, 2.45) is 11.7 Å². The highest BCUT2D eigenvalue weighted by atomic mass is 35.5. The first-order chi connectivity index (χ1) is 6.66. The van der Waals surface area contributed by atoms with Gasteiger partial charge in [0.25, 0.3) is 0 Å². The van der Waals surface area contributed by atoms with E-state index in [1.54, 1.807) is 6.20 Å². The largest absolute Gasteiger partial charge is 0.324 e. The lowest BCUT2D eigenvalue weighted by molar-refractivity contribution is 0.595. The molecular formula is C11H15ClN2. The predicted molar refractivity (Wildman–Crippen MR) is 58.3 cm³/mol. The van der Waals surface area contributed by atoms with Crippen molar-refractivity contribution in [1.82, 2.24) is 4.98 Å². The van der Waals surface area contributed by atoms with Gasteiger partial charge in [0.1, 0.15) is 5.15 Å². The van der Waals surface area contributed by atoms with E-state index in [4.69, 9.17) is 17.3 Å². The zero-order valence-corrected chi connectivity index (χ0v) is 9.09. The van der Waals surface area contributed by atoms with E-state index >= 15 is 0 Å². The van der Waals surface area contributed by atoms with Crippen LogP contribution in [0, 0.1) is 12.8 Å². The van der Waals surface area contributed by atoms with Crippen molar-refractivity contribution in [3.63, 3.8) is 0 Å². The van der Waals surface area contributed by atoms with Crippen LogP contribution in [0.3, 0.4) is 0 Å². The van der Waals surface area contributed by atoms with E-state index in [0.29, 0.717) is 5.15 Å². The fourth-order valence-electron chi connectivity index (χ4n) is 1.63. The van der Waals surface area contributed by atoms with Gasteiger partial charge < -0.3 is 5.73 Å². The van der Waals surface area contributed by atoms with E-state index < -0.39 is 0 Å². The number of hydrogen-bond acceptors (Lipinski definition) is 2. The molecular weight excluding hydrogens is 196 g/mol. The third-order valence-electron chi connectivity index (χ3n) is 2.75. The Morgan fingerprint density at radius 3 is 2.93 bits per heavy atom. The first-order valence-electron chi connectivity index (χ1n) is 5.04. The molecule has 1 aromatic rings. The molecule has 0 spiro atoms. The fraction of sp³-hybridized carbons (Fsp3) is 0.545. The second-order valence-corrected chi connectivity index (χ2v) is 4.52. The lowest BCUT2D eigenvalue weighted by Gasteiger charge is -2.11. The molecule has 0 bridgehead atoms. The summed E-state index contributed by atoms with van der Waals surface area (Å²) >= 11 is 5.85. The smallest absolute Gasteiger partial charge is 0.131 e. The number of aryl methyl sites for hydroxylation is 1. The average molecular weight is 211 g/mol. The van der Waals surface area contributed by atoms with Crippen LogP contribution in [-0.4, -0.2) is 4.98 Å². The van der Waals surface area contributed by atoms with E-state index in [9.17, 15) is 0 Å². The molecule has 2 nitrogen and oxygen atoms in total. The van der Waals surface area contributed by atoms with E-state index in [0.717, 1.165) is 23.5 Å². The third-order valence-corrected chi connectivity index (χ3v) is 3.14. The Balaban J connectivity index is 2.10. The third kappa shape index (κ3) is 2.25. The first kappa shape index (κ1) is 9.94. The van der Waals surface area contributed by atoms with Crippen molar-refractivity contribution >= 4 is 11.6 Å². The van der Waals surface area contributed by atoms with Gasteiger partial charge in [0.15, 0.2) is 0 Å². The monoisotopic (exact) mass is 210 g/mol. The van der Waals surface area contributed by atoms with Gasteiger partial charge in [0.2, 0.25) is 0 Å². The Kier molecular flexibility index (Phi) is 2.75. The van der Waals surface area contributed by atoms with Gasteiger partial charge in [-0.05, 0) is 36.5 Å². The summed E-state index contributed by atoms with van der Waals surface area (Å²) in [6.45, 7) is 1.96. The second-order valence-electron chi connectivity index (χ2n) is 4.16. The maximum Gasteiger partial charge on any atom is 0.131 e. The van der Waals surface area contributed by atoms with Crippen LogP contribution in [-0.2, 0) is 0 Å². The fourth-order valence-corrected chi connectivity index (χ4v) is 1.73. The van der Waals surface area contributed by atoms with Crippen molar-refractivity contribution in [3.05, 3.63) is 28.5 Å². The maximum absolute atomic E-state index is 6.07. The molecule has 1 aromatic heterocycles. The van der Waals surface area contributed by atoms with Gasteiger partial charge in [-0.3, -0.25) is 0 Å². The van der Waals surface area contributed by atoms with Gasteiger partial charge in [-0.1, -0.05) is 24.4 Å². The molecule has 0 saturated heterocycles. The molecule has 1 aliphatic carbocycles. The van der Waals surface area contributed by atoms with Crippen molar-refractivity contribution in [3.8, 4) is 0 Å². The Morgan fingerprint density at radius 1 is 1.64 bits per heavy atom. The number of halogens is 1. The zero-order valence-electron chi connectivity index (χ0n) is 8.33. The summed E-state index contributed by atoms with van der Waals surface area (Å²) in [5.41, 5.74) is 8.19.